The summed E-state index contributed by atoms with van der Waals surface area (Å²) in [6.45, 7) is 4.64. The van der Waals surface area contributed by atoms with Gasteiger partial charge in [-0.1, -0.05) is 0 Å². The number of ketones is 1. The molecule has 0 bridgehead atoms. The maximum Gasteiger partial charge on any atom is 0.315 e. The largest absolute Gasteiger partial charge is 0.493 e. The van der Waals surface area contributed by atoms with Crippen molar-refractivity contribution in [3.63, 3.8) is 0 Å². The summed E-state index contributed by atoms with van der Waals surface area (Å²) in [5.41, 5.74) is 1.88. The van der Waals surface area contributed by atoms with Crippen LogP contribution in [0.15, 0.2) is 23.4 Å². The molecule has 3 rings (SSSR count). The van der Waals surface area contributed by atoms with Crippen LogP contribution in [-0.4, -0.2) is 41.0 Å². The molecule has 0 fully saturated rings. The lowest BCUT2D eigenvalue weighted by Gasteiger charge is -2.40. The molecule has 0 radical (unpaired) electrons. The fraction of sp³-hybridized carbons (Fsp3) is 0.474. The zero-order valence-corrected chi connectivity index (χ0v) is 16.9. The van der Waals surface area contributed by atoms with Crippen LogP contribution < -0.4 is 14.8 Å². The molecule has 8 nitrogen and oxygen atoms in total. The van der Waals surface area contributed by atoms with Gasteiger partial charge in [0.25, 0.3) is 0 Å². The van der Waals surface area contributed by atoms with Gasteiger partial charge in [-0.25, -0.2) is 0 Å². The molecular weight excluding hydrogens is 382 g/mol. The molecule has 150 valence electrons. The summed E-state index contributed by atoms with van der Waals surface area (Å²) < 4.78 is 10.8. The van der Waals surface area contributed by atoms with Crippen molar-refractivity contribution in [2.24, 2.45) is 0 Å². The molecule has 2 aliphatic rings. The normalized spacial score (nSPS) is 19.2. The van der Waals surface area contributed by atoms with Gasteiger partial charge in [0.15, 0.2) is 16.6 Å². The van der Waals surface area contributed by atoms with Crippen molar-refractivity contribution in [3.8, 4) is 11.5 Å². The van der Waals surface area contributed by atoms with Gasteiger partial charge in [-0.3, -0.25) is 14.9 Å². The van der Waals surface area contributed by atoms with Gasteiger partial charge in [0.2, 0.25) is 5.75 Å². The third-order valence-electron chi connectivity index (χ3n) is 4.97. The summed E-state index contributed by atoms with van der Waals surface area (Å²) in [6, 6.07) is 2.55. The van der Waals surface area contributed by atoms with Crippen molar-refractivity contribution >= 4 is 28.8 Å². The van der Waals surface area contributed by atoms with E-state index >= 15 is 0 Å². The third kappa shape index (κ3) is 3.42. The lowest BCUT2D eigenvalue weighted by atomic mass is 9.84. The Morgan fingerprint density at radius 2 is 2.11 bits per heavy atom. The summed E-state index contributed by atoms with van der Waals surface area (Å²) in [4.78, 5) is 25.8. The number of hydrogen-bond acceptors (Lipinski definition) is 6. The lowest BCUT2D eigenvalue weighted by molar-refractivity contribution is -0.386. The molecule has 0 spiro atoms. The number of carbonyl (C=O) groups is 1. The van der Waals surface area contributed by atoms with Crippen LogP contribution in [0.5, 0.6) is 11.5 Å². The van der Waals surface area contributed by atoms with E-state index in [1.54, 1.807) is 13.0 Å². The molecule has 1 atom stereocenters. The Kier molecular flexibility index (Phi) is 5.83. The maximum atomic E-state index is 12.8. The number of thiocarbonyl (C=S) groups is 1. The van der Waals surface area contributed by atoms with Gasteiger partial charge < -0.3 is 19.7 Å². The molecule has 1 heterocycles. The first-order chi connectivity index (χ1) is 13.4. The van der Waals surface area contributed by atoms with E-state index in [1.165, 1.54) is 13.2 Å². The molecule has 9 heteroatoms. The van der Waals surface area contributed by atoms with Crippen molar-refractivity contribution in [2.45, 2.75) is 39.2 Å². The van der Waals surface area contributed by atoms with Crippen LogP contribution in [0.3, 0.4) is 0 Å². The van der Waals surface area contributed by atoms with E-state index in [1.807, 2.05) is 11.8 Å². The molecule has 1 aromatic carbocycles. The Morgan fingerprint density at radius 3 is 2.71 bits per heavy atom. The number of rotatable bonds is 6. The van der Waals surface area contributed by atoms with Gasteiger partial charge in [0.1, 0.15) is 0 Å². The number of nitro groups is 1. The number of nitrogens with zero attached hydrogens (tertiary/aromatic N) is 2. The van der Waals surface area contributed by atoms with Crippen LogP contribution >= 0.6 is 12.2 Å². The van der Waals surface area contributed by atoms with Crippen molar-refractivity contribution < 1.29 is 19.2 Å². The molecule has 1 aliphatic carbocycles. The number of carbonyl (C=O) groups excluding carboxylic acids is 1. The molecule has 0 saturated heterocycles. The smallest absolute Gasteiger partial charge is 0.315 e. The number of nitrogens with one attached hydrogen (secondary N) is 1. The first-order valence-corrected chi connectivity index (χ1v) is 9.67. The standard InChI is InChI=1S/C19H23N3O5S/c1-4-21-12-7-6-8-14(23)16(12)17(20-19(21)28)11-9-13(22(24)25)18(27-5-2)15(10-11)26-3/h9-10,17H,4-8H2,1-3H3,(H,20,28). The van der Waals surface area contributed by atoms with Crippen LogP contribution in [0.1, 0.15) is 44.7 Å². The molecule has 0 amide bonds. The Labute approximate surface area is 168 Å². The third-order valence-corrected chi connectivity index (χ3v) is 5.31. The fourth-order valence-corrected chi connectivity index (χ4v) is 4.14. The SMILES string of the molecule is CCOc1c(OC)cc(C2NC(=S)N(CC)C3=C2C(=O)CCC3)cc1[N+](=O)[O-]. The van der Waals surface area contributed by atoms with Gasteiger partial charge in [-0.05, 0) is 50.5 Å². The Bertz CT molecular complexity index is 867. The molecule has 0 saturated carbocycles. The minimum Gasteiger partial charge on any atom is -0.493 e. The van der Waals surface area contributed by atoms with Crippen LogP contribution in [0.25, 0.3) is 0 Å². The number of nitro benzene ring substituents is 1. The van der Waals surface area contributed by atoms with Crippen LogP contribution in [-0.2, 0) is 4.79 Å². The first kappa shape index (κ1) is 20.1. The molecule has 28 heavy (non-hydrogen) atoms. The second-order valence-corrected chi connectivity index (χ2v) is 6.91. The molecule has 1 aromatic rings. The van der Waals surface area contributed by atoms with E-state index in [0.29, 0.717) is 29.2 Å². The number of hydrogen-bond donors (Lipinski definition) is 1. The van der Waals surface area contributed by atoms with Crippen LogP contribution in [0, 0.1) is 10.1 Å². The number of Topliss-reactive ketones (excluding diaryl/α,β-unsaturated/α-hetero) is 1. The van der Waals surface area contributed by atoms with Crippen molar-refractivity contribution in [1.29, 1.82) is 0 Å². The minimum absolute atomic E-state index is 0.0372. The van der Waals surface area contributed by atoms with Gasteiger partial charge in [0.05, 0.1) is 24.7 Å². The summed E-state index contributed by atoms with van der Waals surface area (Å²) in [6.07, 6.45) is 1.98. The number of methoxy groups -OCH3 is 1. The molecule has 1 aliphatic heterocycles. The molecule has 1 N–H and O–H groups in total. The maximum absolute atomic E-state index is 12.8. The van der Waals surface area contributed by atoms with E-state index in [4.69, 9.17) is 21.7 Å². The summed E-state index contributed by atoms with van der Waals surface area (Å²) in [5, 5.41) is 15.3. The van der Waals surface area contributed by atoms with Crippen molar-refractivity contribution in [1.82, 2.24) is 10.2 Å². The number of allylic oxidation sites excluding steroid dienone is 1. The molecular formula is C19H23N3O5S. The summed E-state index contributed by atoms with van der Waals surface area (Å²) in [5.74, 6) is 0.369. The van der Waals surface area contributed by atoms with E-state index in [9.17, 15) is 14.9 Å². The van der Waals surface area contributed by atoms with E-state index in [-0.39, 0.29) is 29.6 Å². The molecule has 1 unspecified atom stereocenters. The summed E-state index contributed by atoms with van der Waals surface area (Å²) in [7, 11) is 1.43. The highest BCUT2D eigenvalue weighted by Gasteiger charge is 2.38. The number of benzene rings is 1. The summed E-state index contributed by atoms with van der Waals surface area (Å²) >= 11 is 5.50. The fourth-order valence-electron chi connectivity index (χ4n) is 3.79. The van der Waals surface area contributed by atoms with E-state index < -0.39 is 11.0 Å². The topological polar surface area (TPSA) is 93.9 Å². The molecule has 0 aromatic heterocycles. The quantitative estimate of drug-likeness (QED) is 0.438. The highest BCUT2D eigenvalue weighted by Crippen LogP contribution is 2.43. The van der Waals surface area contributed by atoms with Crippen molar-refractivity contribution in [2.75, 3.05) is 20.3 Å². The van der Waals surface area contributed by atoms with Gasteiger partial charge in [0, 0.05) is 30.3 Å². The Hall–Kier alpha value is -2.68. The van der Waals surface area contributed by atoms with Gasteiger partial charge in [-0.15, -0.1) is 0 Å². The van der Waals surface area contributed by atoms with Gasteiger partial charge >= 0.3 is 5.69 Å². The average molecular weight is 405 g/mol. The van der Waals surface area contributed by atoms with Gasteiger partial charge in [-0.2, -0.15) is 0 Å². The number of ether oxygens (including phenoxy) is 2. The zero-order chi connectivity index (χ0) is 20.4. The van der Waals surface area contributed by atoms with E-state index in [2.05, 4.69) is 5.32 Å². The van der Waals surface area contributed by atoms with Crippen LogP contribution in [0.4, 0.5) is 5.69 Å². The highest BCUT2D eigenvalue weighted by atomic mass is 32.1. The predicted octanol–water partition coefficient (Wildman–Crippen LogP) is 3.26. The van der Waals surface area contributed by atoms with Crippen LogP contribution in [0.2, 0.25) is 0 Å². The second kappa shape index (κ2) is 8.14. The zero-order valence-electron chi connectivity index (χ0n) is 16.1. The minimum atomic E-state index is -0.554. The monoisotopic (exact) mass is 405 g/mol. The first-order valence-electron chi connectivity index (χ1n) is 9.26. The average Bonchev–Trinajstić information content (AvgIpc) is 2.67. The second-order valence-electron chi connectivity index (χ2n) is 6.53. The van der Waals surface area contributed by atoms with E-state index in [0.717, 1.165) is 18.5 Å². The Morgan fingerprint density at radius 1 is 1.36 bits per heavy atom. The lowest BCUT2D eigenvalue weighted by Crippen LogP contribution is -2.49. The highest BCUT2D eigenvalue weighted by molar-refractivity contribution is 7.80. The van der Waals surface area contributed by atoms with Crippen molar-refractivity contribution in [3.05, 3.63) is 39.1 Å². The predicted molar refractivity (Wildman–Crippen MR) is 108 cm³/mol. The Balaban J connectivity index is 2.19.